The maximum Gasteiger partial charge on any atom is 0.337 e. The minimum atomic E-state index is -0.466. The molecule has 1 aliphatic heterocycles. The van der Waals surface area contributed by atoms with Crippen LogP contribution in [0.5, 0.6) is 5.75 Å². The van der Waals surface area contributed by atoms with E-state index in [9.17, 15) is 14.7 Å². The third-order valence-corrected chi connectivity index (χ3v) is 4.78. The van der Waals surface area contributed by atoms with E-state index in [-0.39, 0.29) is 11.7 Å². The zero-order chi connectivity index (χ0) is 17.4. The molecule has 0 bridgehead atoms. The van der Waals surface area contributed by atoms with E-state index in [1.54, 1.807) is 36.4 Å². The van der Waals surface area contributed by atoms with Crippen molar-refractivity contribution in [1.29, 1.82) is 0 Å². The van der Waals surface area contributed by atoms with Crippen LogP contribution in [0.1, 0.15) is 21.5 Å². The molecule has 0 aliphatic carbocycles. The van der Waals surface area contributed by atoms with Crippen LogP contribution in [0, 0.1) is 0 Å². The van der Waals surface area contributed by atoms with E-state index in [1.165, 1.54) is 7.11 Å². The van der Waals surface area contributed by atoms with Gasteiger partial charge in [0, 0.05) is 16.8 Å². The van der Waals surface area contributed by atoms with Crippen molar-refractivity contribution in [2.24, 2.45) is 0 Å². The highest BCUT2D eigenvalue weighted by molar-refractivity contribution is 9.11. The second-order valence-corrected chi connectivity index (χ2v) is 6.81. The number of fused-ring (bicyclic) bond motifs is 1. The third-order valence-electron chi connectivity index (χ3n) is 3.57. The van der Waals surface area contributed by atoms with E-state index < -0.39 is 5.97 Å². The zero-order valence-electron chi connectivity index (χ0n) is 12.4. The average Bonchev–Trinajstić information content (AvgIpc) is 2.87. The van der Waals surface area contributed by atoms with Crippen molar-refractivity contribution in [3.05, 3.63) is 56.0 Å². The van der Waals surface area contributed by atoms with Crippen molar-refractivity contribution in [3.8, 4) is 5.75 Å². The molecule has 0 atom stereocenters. The molecular formula is C17H11Br2NO4. The van der Waals surface area contributed by atoms with Crippen molar-refractivity contribution < 1.29 is 19.4 Å². The smallest absolute Gasteiger partial charge is 0.337 e. The van der Waals surface area contributed by atoms with E-state index in [1.807, 2.05) is 0 Å². The lowest BCUT2D eigenvalue weighted by Crippen LogP contribution is -2.03. The van der Waals surface area contributed by atoms with Gasteiger partial charge in [0.05, 0.1) is 21.6 Å². The highest BCUT2D eigenvalue weighted by atomic mass is 79.9. The third kappa shape index (κ3) is 2.97. The predicted octanol–water partition coefficient (Wildman–Crippen LogP) is 4.20. The van der Waals surface area contributed by atoms with Crippen molar-refractivity contribution in [3.63, 3.8) is 0 Å². The van der Waals surface area contributed by atoms with Gasteiger partial charge in [-0.25, -0.2) is 4.79 Å². The average molecular weight is 453 g/mol. The van der Waals surface area contributed by atoms with Gasteiger partial charge in [0.1, 0.15) is 5.75 Å². The first-order valence-corrected chi connectivity index (χ1v) is 8.43. The molecule has 0 fully saturated rings. The molecule has 2 aromatic rings. The molecule has 7 heteroatoms. The first-order chi connectivity index (χ1) is 11.4. The summed E-state index contributed by atoms with van der Waals surface area (Å²) in [4.78, 5) is 24.0. The van der Waals surface area contributed by atoms with Gasteiger partial charge in [-0.05, 0) is 73.8 Å². The summed E-state index contributed by atoms with van der Waals surface area (Å²) in [5, 5.41) is 12.5. The van der Waals surface area contributed by atoms with Gasteiger partial charge < -0.3 is 15.2 Å². The highest BCUT2D eigenvalue weighted by Crippen LogP contribution is 2.37. The van der Waals surface area contributed by atoms with Crippen molar-refractivity contribution in [2.45, 2.75) is 0 Å². The summed E-state index contributed by atoms with van der Waals surface area (Å²) in [6, 6.07) is 8.28. The Labute approximate surface area is 154 Å². The number of rotatable bonds is 2. The molecule has 0 unspecified atom stereocenters. The van der Waals surface area contributed by atoms with Gasteiger partial charge in [-0.2, -0.15) is 0 Å². The fraction of sp³-hybridized carbons (Fsp3) is 0.0588. The topological polar surface area (TPSA) is 75.6 Å². The number of hydrogen-bond donors (Lipinski definition) is 2. The lowest BCUT2D eigenvalue weighted by Gasteiger charge is -2.05. The Hall–Kier alpha value is -2.12. The lowest BCUT2D eigenvalue weighted by atomic mass is 10.0. The second kappa shape index (κ2) is 6.41. The van der Waals surface area contributed by atoms with Crippen molar-refractivity contribution in [1.82, 2.24) is 0 Å². The zero-order valence-corrected chi connectivity index (χ0v) is 15.6. The van der Waals surface area contributed by atoms with Crippen molar-refractivity contribution >= 4 is 61.1 Å². The van der Waals surface area contributed by atoms with E-state index in [0.29, 0.717) is 36.9 Å². The van der Waals surface area contributed by atoms with Gasteiger partial charge in [-0.1, -0.05) is 0 Å². The molecule has 1 heterocycles. The number of esters is 1. The van der Waals surface area contributed by atoms with Crippen LogP contribution in [-0.4, -0.2) is 24.1 Å². The van der Waals surface area contributed by atoms with Crippen LogP contribution >= 0.6 is 31.9 Å². The number of aromatic hydroxyl groups is 1. The normalized spacial score (nSPS) is 14.5. The fourth-order valence-corrected chi connectivity index (χ4v) is 3.63. The number of hydrogen-bond acceptors (Lipinski definition) is 4. The summed E-state index contributed by atoms with van der Waals surface area (Å²) >= 11 is 6.52. The Balaban J connectivity index is 2.10. The summed E-state index contributed by atoms with van der Waals surface area (Å²) in [5.41, 5.74) is 2.78. The number of carbonyl (C=O) groups excluding carboxylic acids is 2. The summed E-state index contributed by atoms with van der Waals surface area (Å²) in [6.45, 7) is 0. The minimum absolute atomic E-state index is 0.0846. The van der Waals surface area contributed by atoms with Gasteiger partial charge in [-0.15, -0.1) is 0 Å². The summed E-state index contributed by atoms with van der Waals surface area (Å²) in [7, 11) is 1.31. The standard InChI is InChI=1S/C17H11Br2NO4/c1-24-17(23)9-2-3-14-10(7-9)11(16(22)20-14)4-8-5-12(18)15(21)13(19)6-8/h2-7,21H,1H3,(H,20,22)/b11-4+. The summed E-state index contributed by atoms with van der Waals surface area (Å²) < 4.78 is 5.73. The monoisotopic (exact) mass is 451 g/mol. The number of nitrogens with one attached hydrogen (secondary N) is 1. The number of carbonyl (C=O) groups is 2. The summed E-state index contributed by atoms with van der Waals surface area (Å²) in [5.74, 6) is -0.639. The fourth-order valence-electron chi connectivity index (χ4n) is 2.41. The Morgan fingerprint density at radius 2 is 1.88 bits per heavy atom. The molecule has 5 nitrogen and oxygen atoms in total. The molecule has 2 N–H and O–H groups in total. The maximum absolute atomic E-state index is 12.3. The molecule has 1 amide bonds. The van der Waals surface area contributed by atoms with Gasteiger partial charge in [-0.3, -0.25) is 4.79 Å². The minimum Gasteiger partial charge on any atom is -0.506 e. The predicted molar refractivity (Wildman–Crippen MR) is 97.8 cm³/mol. The number of phenolic OH excluding ortho intramolecular Hbond substituents is 1. The number of ether oxygens (including phenoxy) is 1. The van der Waals surface area contributed by atoms with Crippen LogP contribution in [0.15, 0.2) is 39.3 Å². The molecule has 0 radical (unpaired) electrons. The van der Waals surface area contributed by atoms with Crippen LogP contribution in [-0.2, 0) is 9.53 Å². The molecule has 0 saturated heterocycles. The molecule has 2 aromatic carbocycles. The molecular weight excluding hydrogens is 442 g/mol. The van der Waals surface area contributed by atoms with Crippen LogP contribution in [0.25, 0.3) is 11.6 Å². The molecule has 0 spiro atoms. The number of methoxy groups -OCH3 is 1. The van der Waals surface area contributed by atoms with E-state index in [0.717, 1.165) is 0 Å². The van der Waals surface area contributed by atoms with Gasteiger partial charge in [0.25, 0.3) is 5.91 Å². The van der Waals surface area contributed by atoms with Gasteiger partial charge in [0.15, 0.2) is 0 Å². The van der Waals surface area contributed by atoms with Crippen LogP contribution in [0.4, 0.5) is 5.69 Å². The second-order valence-electron chi connectivity index (χ2n) is 5.10. The van der Waals surface area contributed by atoms with Gasteiger partial charge in [0.2, 0.25) is 0 Å². The Kier molecular flexibility index (Phi) is 4.47. The van der Waals surface area contributed by atoms with E-state index in [2.05, 4.69) is 37.2 Å². The molecule has 122 valence electrons. The van der Waals surface area contributed by atoms with Gasteiger partial charge >= 0.3 is 5.97 Å². The maximum atomic E-state index is 12.3. The number of phenols is 1. The molecule has 1 aliphatic rings. The molecule has 3 rings (SSSR count). The van der Waals surface area contributed by atoms with Crippen LogP contribution in [0.2, 0.25) is 0 Å². The number of anilines is 1. The SMILES string of the molecule is COC(=O)c1ccc2c(c1)/C(=C\c1cc(Br)c(O)c(Br)c1)C(=O)N2. The quantitative estimate of drug-likeness (QED) is 0.529. The molecule has 0 aromatic heterocycles. The largest absolute Gasteiger partial charge is 0.506 e. The first kappa shape index (κ1) is 16.7. The van der Waals surface area contributed by atoms with Crippen LogP contribution < -0.4 is 5.32 Å². The Morgan fingerprint density at radius 1 is 1.21 bits per heavy atom. The Morgan fingerprint density at radius 3 is 2.50 bits per heavy atom. The molecule has 0 saturated carbocycles. The first-order valence-electron chi connectivity index (χ1n) is 6.84. The Bertz CT molecular complexity index is 882. The number of benzene rings is 2. The number of amides is 1. The molecule has 24 heavy (non-hydrogen) atoms. The lowest BCUT2D eigenvalue weighted by molar-refractivity contribution is -0.110. The number of halogens is 2. The summed E-state index contributed by atoms with van der Waals surface area (Å²) in [6.07, 6.45) is 1.69. The van der Waals surface area contributed by atoms with E-state index >= 15 is 0 Å². The highest BCUT2D eigenvalue weighted by Gasteiger charge is 2.25. The van der Waals surface area contributed by atoms with Crippen molar-refractivity contribution in [2.75, 3.05) is 12.4 Å². The van der Waals surface area contributed by atoms with Crippen LogP contribution in [0.3, 0.4) is 0 Å². The van der Waals surface area contributed by atoms with E-state index in [4.69, 9.17) is 4.74 Å².